The molecule has 0 fully saturated rings. The maximum Gasteiger partial charge on any atom is 0.153 e. The highest BCUT2D eigenvalue weighted by Crippen LogP contribution is 2.37. The van der Waals surface area contributed by atoms with Gasteiger partial charge in [-0.1, -0.05) is 42.5 Å². The van der Waals surface area contributed by atoms with Crippen LogP contribution < -0.4 is 0 Å². The zero-order valence-corrected chi connectivity index (χ0v) is 24.6. The lowest BCUT2D eigenvalue weighted by Crippen LogP contribution is -1.98. The maximum atomic E-state index is 6.08. The van der Waals surface area contributed by atoms with Crippen LogP contribution in [0.2, 0.25) is 0 Å². The van der Waals surface area contributed by atoms with Gasteiger partial charge in [0.1, 0.15) is 5.58 Å². The predicted molar refractivity (Wildman–Crippen MR) is 185 cm³/mol. The largest absolute Gasteiger partial charge is 0.454 e. The fourth-order valence-electron chi connectivity index (χ4n) is 7.27. The Balaban J connectivity index is 1.16. The first-order valence-corrected chi connectivity index (χ1v) is 15.4. The first kappa shape index (κ1) is 25.1. The summed E-state index contributed by atoms with van der Waals surface area (Å²) in [5.41, 5.74) is 11.0. The van der Waals surface area contributed by atoms with Gasteiger partial charge in [-0.15, -0.1) is 0 Å². The number of furan rings is 1. The van der Waals surface area contributed by atoms with Crippen molar-refractivity contribution >= 4 is 65.6 Å². The van der Waals surface area contributed by atoms with Gasteiger partial charge < -0.3 is 13.6 Å². The lowest BCUT2D eigenvalue weighted by molar-refractivity contribution is 0.667. The van der Waals surface area contributed by atoms with Gasteiger partial charge in [0.15, 0.2) is 5.58 Å². The number of hydrogen-bond acceptors (Lipinski definition) is 4. The molecule has 6 heterocycles. The highest BCUT2D eigenvalue weighted by molar-refractivity contribution is 6.12. The Morgan fingerprint density at radius 1 is 0.478 bits per heavy atom. The summed E-state index contributed by atoms with van der Waals surface area (Å²) >= 11 is 0. The minimum absolute atomic E-state index is 0.789. The van der Waals surface area contributed by atoms with Gasteiger partial charge in [-0.05, 0) is 78.2 Å². The van der Waals surface area contributed by atoms with E-state index in [0.717, 1.165) is 50.6 Å². The molecule has 6 aromatic heterocycles. The van der Waals surface area contributed by atoms with E-state index >= 15 is 0 Å². The smallest absolute Gasteiger partial charge is 0.153 e. The molecule has 10 rings (SSSR count). The third-order valence-electron chi connectivity index (χ3n) is 9.22. The monoisotopic (exact) mass is 591 g/mol. The van der Waals surface area contributed by atoms with Crippen molar-refractivity contribution in [1.29, 1.82) is 0 Å². The van der Waals surface area contributed by atoms with Crippen molar-refractivity contribution in [3.8, 4) is 11.4 Å². The summed E-state index contributed by atoms with van der Waals surface area (Å²) in [7, 11) is 0. The van der Waals surface area contributed by atoms with Crippen LogP contribution in [0.4, 0.5) is 0 Å². The Morgan fingerprint density at radius 2 is 1.33 bits per heavy atom. The number of benzene rings is 4. The van der Waals surface area contributed by atoms with Crippen LogP contribution in [0.1, 0.15) is 11.1 Å². The Kier molecular flexibility index (Phi) is 5.25. The second-order valence-electron chi connectivity index (χ2n) is 11.8. The summed E-state index contributed by atoms with van der Waals surface area (Å²) in [6, 6.07) is 36.8. The molecule has 0 spiro atoms. The van der Waals surface area contributed by atoms with Crippen molar-refractivity contribution in [1.82, 2.24) is 24.1 Å². The average Bonchev–Trinajstić information content (AvgIpc) is 3.76. The van der Waals surface area contributed by atoms with Crippen LogP contribution in [-0.2, 0) is 6.42 Å². The lowest BCUT2D eigenvalue weighted by atomic mass is 10.00. The summed E-state index contributed by atoms with van der Waals surface area (Å²) in [5, 5.41) is 6.96. The minimum Gasteiger partial charge on any atom is -0.454 e. The van der Waals surface area contributed by atoms with E-state index in [1.807, 2.05) is 43.1 Å². The number of hydrogen-bond donors (Lipinski definition) is 0. The molecule has 0 bridgehead atoms. The van der Waals surface area contributed by atoms with Crippen LogP contribution in [0.15, 0.2) is 145 Å². The van der Waals surface area contributed by atoms with Gasteiger partial charge in [-0.2, -0.15) is 0 Å². The highest BCUT2D eigenvalue weighted by atomic mass is 16.3. The number of rotatable bonds is 4. The van der Waals surface area contributed by atoms with E-state index in [4.69, 9.17) is 4.42 Å². The van der Waals surface area contributed by atoms with Crippen molar-refractivity contribution in [3.63, 3.8) is 0 Å². The fourth-order valence-corrected chi connectivity index (χ4v) is 7.27. The normalized spacial score (nSPS) is 12.0. The van der Waals surface area contributed by atoms with Crippen molar-refractivity contribution in [2.45, 2.75) is 6.42 Å². The molecule has 0 aliphatic rings. The van der Waals surface area contributed by atoms with Crippen LogP contribution in [0.25, 0.3) is 76.9 Å². The van der Waals surface area contributed by atoms with E-state index in [2.05, 4.69) is 115 Å². The predicted octanol–water partition coefficient (Wildman–Crippen LogP) is 9.56. The van der Waals surface area contributed by atoms with E-state index in [0.29, 0.717) is 0 Å². The van der Waals surface area contributed by atoms with Gasteiger partial charge in [0.2, 0.25) is 0 Å². The molecule has 0 radical (unpaired) electrons. The Labute approximate surface area is 262 Å². The zero-order valence-electron chi connectivity index (χ0n) is 24.6. The van der Waals surface area contributed by atoms with Crippen LogP contribution in [0, 0.1) is 0 Å². The number of nitrogens with zero attached hydrogens (tertiary/aromatic N) is 5. The van der Waals surface area contributed by atoms with Gasteiger partial charge in [-0.3, -0.25) is 15.0 Å². The topological polar surface area (TPSA) is 61.7 Å². The third-order valence-corrected chi connectivity index (χ3v) is 9.22. The Bertz CT molecular complexity index is 2790. The molecule has 0 aliphatic heterocycles. The van der Waals surface area contributed by atoms with Crippen LogP contribution in [0.3, 0.4) is 0 Å². The number of para-hydroxylation sites is 2. The molecule has 10 aromatic rings. The first-order chi connectivity index (χ1) is 22.8. The summed E-state index contributed by atoms with van der Waals surface area (Å²) in [6.07, 6.45) is 12.0. The number of pyridine rings is 3. The maximum absolute atomic E-state index is 6.08. The van der Waals surface area contributed by atoms with E-state index in [-0.39, 0.29) is 0 Å². The second kappa shape index (κ2) is 9.61. The summed E-state index contributed by atoms with van der Waals surface area (Å²) in [5.74, 6) is 0. The quantitative estimate of drug-likeness (QED) is 0.204. The molecule has 0 unspecified atom stereocenters. The molecule has 0 N–H and O–H groups in total. The highest BCUT2D eigenvalue weighted by Gasteiger charge is 2.18. The molecule has 0 amide bonds. The van der Waals surface area contributed by atoms with Crippen LogP contribution in [0.5, 0.6) is 0 Å². The minimum atomic E-state index is 0.789. The van der Waals surface area contributed by atoms with Gasteiger partial charge >= 0.3 is 0 Å². The number of fused-ring (bicyclic) bond motifs is 9. The molecule has 6 nitrogen and oxygen atoms in total. The molecule has 46 heavy (non-hydrogen) atoms. The molecule has 4 aromatic carbocycles. The molecule has 0 atom stereocenters. The van der Waals surface area contributed by atoms with Gasteiger partial charge in [0.25, 0.3) is 0 Å². The molecular formula is C40H25N5O. The van der Waals surface area contributed by atoms with E-state index in [9.17, 15) is 0 Å². The van der Waals surface area contributed by atoms with Crippen molar-refractivity contribution in [3.05, 3.63) is 151 Å². The van der Waals surface area contributed by atoms with Crippen LogP contribution >= 0.6 is 0 Å². The van der Waals surface area contributed by atoms with E-state index < -0.39 is 0 Å². The molecule has 0 aliphatic carbocycles. The number of aromatic nitrogens is 5. The second-order valence-corrected chi connectivity index (χ2v) is 11.8. The standard InChI is InChI=1S/C40H25N5O/c1-2-9-35-29(7-1)32-20-25(10-12-36(32)44(35)27-11-13-38-33(21-27)30-14-17-43-24-39(30)46-38)19-26-5-3-8-31-34-23-42-18-15-37(34)45(40(26)31)28-6-4-16-41-22-28/h1-18,20-24H,19H2. The Hall–Kier alpha value is -6.27. The fraction of sp³-hybridized carbons (Fsp3) is 0.0250. The third kappa shape index (κ3) is 3.61. The zero-order chi connectivity index (χ0) is 30.2. The summed E-state index contributed by atoms with van der Waals surface area (Å²) in [4.78, 5) is 13.1. The Morgan fingerprint density at radius 3 is 2.28 bits per heavy atom. The van der Waals surface area contributed by atoms with Gasteiger partial charge in [0.05, 0.1) is 40.1 Å². The first-order valence-electron chi connectivity index (χ1n) is 15.4. The lowest BCUT2D eigenvalue weighted by Gasteiger charge is -2.12. The van der Waals surface area contributed by atoms with E-state index in [1.165, 1.54) is 43.8 Å². The molecule has 0 saturated heterocycles. The summed E-state index contributed by atoms with van der Waals surface area (Å²) in [6.45, 7) is 0. The molecule has 216 valence electrons. The molecule has 6 heteroatoms. The van der Waals surface area contributed by atoms with Gasteiger partial charge in [0, 0.05) is 62.8 Å². The SMILES string of the molecule is c1cncc(-n2c3ccncc3c3cccc(Cc4ccc5c(c4)c4ccccc4n5-c4ccc5oc6cnccc6c5c4)c32)c1. The van der Waals surface area contributed by atoms with Crippen molar-refractivity contribution in [2.75, 3.05) is 0 Å². The van der Waals surface area contributed by atoms with E-state index in [1.54, 1.807) is 6.20 Å². The summed E-state index contributed by atoms with van der Waals surface area (Å²) < 4.78 is 10.8. The molecular weight excluding hydrogens is 566 g/mol. The average molecular weight is 592 g/mol. The van der Waals surface area contributed by atoms with Crippen molar-refractivity contribution < 1.29 is 4.42 Å². The van der Waals surface area contributed by atoms with Crippen molar-refractivity contribution in [2.24, 2.45) is 0 Å². The van der Waals surface area contributed by atoms with Crippen LogP contribution in [-0.4, -0.2) is 24.1 Å². The molecule has 0 saturated carbocycles. The van der Waals surface area contributed by atoms with Gasteiger partial charge in [-0.25, -0.2) is 0 Å².